The number of rotatable bonds is 5. The van der Waals surface area contributed by atoms with Crippen LogP contribution >= 0.6 is 0 Å². The first kappa shape index (κ1) is 16.7. The van der Waals surface area contributed by atoms with Gasteiger partial charge in [0.05, 0.1) is 8.07 Å². The molecule has 0 amide bonds. The Labute approximate surface area is 132 Å². The van der Waals surface area contributed by atoms with E-state index >= 15 is 0 Å². The summed E-state index contributed by atoms with van der Waals surface area (Å²) in [5.74, 6) is 0. The van der Waals surface area contributed by atoms with Gasteiger partial charge in [-0.3, -0.25) is 0 Å². The van der Waals surface area contributed by atoms with Crippen molar-refractivity contribution in [3.8, 4) is 0 Å². The van der Waals surface area contributed by atoms with Crippen LogP contribution in [0, 0.1) is 0 Å². The Hall–Kier alpha value is -0.643. The Morgan fingerprint density at radius 2 is 1.52 bits per heavy atom. The van der Waals surface area contributed by atoms with Crippen molar-refractivity contribution in [3.05, 3.63) is 30.3 Å². The molecule has 0 radical (unpaired) electrons. The molecule has 3 heteroatoms. The highest BCUT2D eigenvalue weighted by molar-refractivity contribution is 6.89. The average Bonchev–Trinajstić information content (AvgIpc) is 2.47. The van der Waals surface area contributed by atoms with Crippen LogP contribution in [0.5, 0.6) is 0 Å². The number of hydrogen-bond donors (Lipinski definition) is 0. The predicted octanol–water partition coefficient (Wildman–Crippen LogP) is 2.95. The Morgan fingerprint density at radius 1 is 0.952 bits per heavy atom. The maximum absolute atomic E-state index is 2.67. The monoisotopic (exact) mass is 304 g/mol. The largest absolute Gasteiger partial charge is 0.305 e. The maximum atomic E-state index is 2.67. The smallest absolute Gasteiger partial charge is 0.0948 e. The Morgan fingerprint density at radius 3 is 2.10 bits per heavy atom. The molecule has 1 saturated carbocycles. The molecule has 0 heterocycles. The van der Waals surface area contributed by atoms with Gasteiger partial charge in [-0.2, -0.15) is 0 Å². The number of benzene rings is 1. The molecule has 1 aromatic carbocycles. The third-order valence-corrected chi connectivity index (χ3v) is 8.31. The maximum Gasteiger partial charge on any atom is 0.0948 e. The van der Waals surface area contributed by atoms with Gasteiger partial charge in [0.2, 0.25) is 0 Å². The summed E-state index contributed by atoms with van der Waals surface area (Å²) in [5.41, 5.74) is 0. The fourth-order valence-corrected chi connectivity index (χ4v) is 6.69. The highest BCUT2D eigenvalue weighted by Gasteiger charge is 2.33. The lowest BCUT2D eigenvalue weighted by molar-refractivity contribution is 0.103. The molecular formula is C18H32N2Si. The molecule has 118 valence electrons. The van der Waals surface area contributed by atoms with Gasteiger partial charge in [0.1, 0.15) is 0 Å². The molecular weight excluding hydrogens is 272 g/mol. The van der Waals surface area contributed by atoms with Crippen LogP contribution in [0.1, 0.15) is 25.7 Å². The lowest BCUT2D eigenvalue weighted by atomic mass is 9.89. The minimum atomic E-state index is -1.38. The SMILES string of the molecule is CN(C)[C@@H]1CCCC[C@H]1N(C)C[Si](C)(C)c1ccccc1. The van der Waals surface area contributed by atoms with Crippen LogP contribution in [0.3, 0.4) is 0 Å². The zero-order valence-electron chi connectivity index (χ0n) is 14.5. The van der Waals surface area contributed by atoms with Crippen LogP contribution in [0.2, 0.25) is 13.1 Å². The summed E-state index contributed by atoms with van der Waals surface area (Å²) in [5, 5.41) is 1.58. The van der Waals surface area contributed by atoms with E-state index in [-0.39, 0.29) is 0 Å². The molecule has 1 fully saturated rings. The predicted molar refractivity (Wildman–Crippen MR) is 95.9 cm³/mol. The van der Waals surface area contributed by atoms with Crippen LogP contribution in [-0.2, 0) is 0 Å². The van der Waals surface area contributed by atoms with E-state index in [1.165, 1.54) is 31.9 Å². The summed E-state index contributed by atoms with van der Waals surface area (Å²) in [6.45, 7) is 5.01. The van der Waals surface area contributed by atoms with Crippen LogP contribution in [0.4, 0.5) is 0 Å². The van der Waals surface area contributed by atoms with Crippen LogP contribution in [-0.4, -0.2) is 57.3 Å². The normalized spacial score (nSPS) is 23.8. The van der Waals surface area contributed by atoms with Gasteiger partial charge in [-0.1, -0.05) is 61.5 Å². The van der Waals surface area contributed by atoms with Crippen molar-refractivity contribution < 1.29 is 0 Å². The first-order valence-corrected chi connectivity index (χ1v) is 11.5. The average molecular weight is 305 g/mol. The molecule has 2 rings (SSSR count). The summed E-state index contributed by atoms with van der Waals surface area (Å²) in [4.78, 5) is 5.11. The Bertz CT molecular complexity index is 430. The molecule has 2 nitrogen and oxygen atoms in total. The second-order valence-corrected chi connectivity index (χ2v) is 12.2. The van der Waals surface area contributed by atoms with E-state index in [2.05, 4.69) is 74.4 Å². The molecule has 0 spiro atoms. The van der Waals surface area contributed by atoms with E-state index in [1.807, 2.05) is 0 Å². The number of hydrogen-bond acceptors (Lipinski definition) is 2. The van der Waals surface area contributed by atoms with Gasteiger partial charge in [-0.05, 0) is 40.2 Å². The van der Waals surface area contributed by atoms with Crippen molar-refractivity contribution >= 4 is 13.3 Å². The topological polar surface area (TPSA) is 6.48 Å². The van der Waals surface area contributed by atoms with Crippen molar-refractivity contribution in [1.29, 1.82) is 0 Å². The van der Waals surface area contributed by atoms with Gasteiger partial charge in [0.15, 0.2) is 0 Å². The van der Waals surface area contributed by atoms with E-state index < -0.39 is 8.07 Å². The molecule has 0 unspecified atom stereocenters. The molecule has 2 atom stereocenters. The van der Waals surface area contributed by atoms with Gasteiger partial charge in [0, 0.05) is 12.1 Å². The molecule has 0 bridgehead atoms. The highest BCUT2D eigenvalue weighted by atomic mass is 28.3. The zero-order chi connectivity index (χ0) is 15.5. The van der Waals surface area contributed by atoms with Gasteiger partial charge in [-0.25, -0.2) is 0 Å². The second-order valence-electron chi connectivity index (χ2n) is 7.55. The Balaban J connectivity index is 2.07. The highest BCUT2D eigenvalue weighted by Crippen LogP contribution is 2.26. The van der Waals surface area contributed by atoms with E-state index in [9.17, 15) is 0 Å². The summed E-state index contributed by atoms with van der Waals surface area (Å²) in [6.07, 6.45) is 6.76. The van der Waals surface area contributed by atoms with Crippen LogP contribution < -0.4 is 5.19 Å². The summed E-state index contributed by atoms with van der Waals surface area (Å²) < 4.78 is 0. The van der Waals surface area contributed by atoms with E-state index in [4.69, 9.17) is 0 Å². The molecule has 1 aliphatic rings. The minimum absolute atomic E-state index is 0.726. The second kappa shape index (κ2) is 7.08. The molecule has 1 aliphatic carbocycles. The summed E-state index contributed by atoms with van der Waals surface area (Å²) in [6, 6.07) is 12.6. The van der Waals surface area contributed by atoms with Gasteiger partial charge < -0.3 is 9.80 Å². The van der Waals surface area contributed by atoms with Crippen molar-refractivity contribution in [2.45, 2.75) is 50.9 Å². The molecule has 21 heavy (non-hydrogen) atoms. The molecule has 0 aliphatic heterocycles. The van der Waals surface area contributed by atoms with E-state index in [1.54, 1.807) is 5.19 Å². The van der Waals surface area contributed by atoms with Gasteiger partial charge in [0.25, 0.3) is 0 Å². The Kier molecular flexibility index (Phi) is 5.64. The fourth-order valence-electron chi connectivity index (χ4n) is 3.93. The molecule has 1 aromatic rings. The minimum Gasteiger partial charge on any atom is -0.305 e. The van der Waals surface area contributed by atoms with Crippen LogP contribution in [0.25, 0.3) is 0 Å². The van der Waals surface area contributed by atoms with Crippen molar-refractivity contribution in [2.75, 3.05) is 27.3 Å². The third-order valence-electron chi connectivity index (χ3n) is 5.12. The van der Waals surface area contributed by atoms with Crippen molar-refractivity contribution in [3.63, 3.8) is 0 Å². The van der Waals surface area contributed by atoms with E-state index in [0.29, 0.717) is 0 Å². The summed E-state index contributed by atoms with van der Waals surface area (Å²) in [7, 11) is 5.46. The molecule has 0 saturated heterocycles. The lowest BCUT2D eigenvalue weighted by Crippen LogP contribution is -2.57. The first-order valence-electron chi connectivity index (χ1n) is 8.34. The van der Waals surface area contributed by atoms with Crippen molar-refractivity contribution in [2.24, 2.45) is 0 Å². The van der Waals surface area contributed by atoms with Crippen LogP contribution in [0.15, 0.2) is 30.3 Å². The first-order chi connectivity index (χ1) is 9.92. The van der Waals surface area contributed by atoms with E-state index in [0.717, 1.165) is 12.1 Å². The van der Waals surface area contributed by atoms with Gasteiger partial charge >= 0.3 is 0 Å². The van der Waals surface area contributed by atoms with Crippen molar-refractivity contribution in [1.82, 2.24) is 9.80 Å². The summed E-state index contributed by atoms with van der Waals surface area (Å²) >= 11 is 0. The van der Waals surface area contributed by atoms with Gasteiger partial charge in [-0.15, -0.1) is 0 Å². The molecule has 0 N–H and O–H groups in total. The number of likely N-dealkylation sites (N-methyl/N-ethyl adjacent to an activating group) is 2. The quantitative estimate of drug-likeness (QED) is 0.772. The number of nitrogens with zero attached hydrogens (tertiary/aromatic N) is 2. The third kappa shape index (κ3) is 4.18. The zero-order valence-corrected chi connectivity index (χ0v) is 15.5. The molecule has 0 aromatic heterocycles. The fraction of sp³-hybridized carbons (Fsp3) is 0.667. The lowest BCUT2D eigenvalue weighted by Gasteiger charge is -2.43. The standard InChI is InChI=1S/C18H32N2Si/c1-19(2)17-13-9-10-14-18(17)20(3)15-21(4,5)16-11-7-6-8-12-16/h6-8,11-12,17-18H,9-10,13-15H2,1-5H3/t17-,18-/m1/s1.